The highest BCUT2D eigenvalue weighted by atomic mass is 16.7. The summed E-state index contributed by atoms with van der Waals surface area (Å²) in [4.78, 5) is 25.1. The average molecular weight is 1130 g/mol. The van der Waals surface area contributed by atoms with Crippen LogP contribution in [0.15, 0.2) is 36.5 Å². The molecule has 1 rings (SSSR count). The summed E-state index contributed by atoms with van der Waals surface area (Å²) in [5.74, 6) is -0.186. The van der Waals surface area contributed by atoms with E-state index in [0.717, 1.165) is 77.0 Å². The van der Waals surface area contributed by atoms with Crippen molar-refractivity contribution in [2.24, 2.45) is 0 Å². The monoisotopic (exact) mass is 1130 g/mol. The maximum Gasteiger partial charge on any atom is 0.305 e. The van der Waals surface area contributed by atoms with Crippen LogP contribution in [-0.4, -0.2) is 100 Å². The molecule has 0 aromatic heterocycles. The van der Waals surface area contributed by atoms with Crippen molar-refractivity contribution < 1.29 is 49.3 Å². The maximum atomic E-state index is 13.0. The van der Waals surface area contributed by atoms with Gasteiger partial charge in [0.25, 0.3) is 0 Å². The number of ether oxygens (including phenoxy) is 3. The molecule has 0 bridgehead atoms. The van der Waals surface area contributed by atoms with Gasteiger partial charge in [-0.3, -0.25) is 9.59 Å². The fourth-order valence-corrected chi connectivity index (χ4v) is 10.8. The molecule has 1 saturated heterocycles. The van der Waals surface area contributed by atoms with E-state index in [4.69, 9.17) is 14.2 Å². The predicted octanol–water partition coefficient (Wildman–Crippen LogP) is 17.0. The van der Waals surface area contributed by atoms with E-state index in [1.807, 2.05) is 6.08 Å². The lowest BCUT2D eigenvalue weighted by Gasteiger charge is -2.40. The molecule has 0 radical (unpaired) electrons. The van der Waals surface area contributed by atoms with Gasteiger partial charge in [-0.15, -0.1) is 0 Å². The molecule has 80 heavy (non-hydrogen) atoms. The number of esters is 1. The van der Waals surface area contributed by atoms with E-state index in [1.165, 1.54) is 225 Å². The van der Waals surface area contributed by atoms with Crippen molar-refractivity contribution in [3.05, 3.63) is 36.5 Å². The zero-order chi connectivity index (χ0) is 58.0. The molecule has 11 nitrogen and oxygen atoms in total. The molecule has 0 saturated carbocycles. The molecule has 1 aliphatic rings. The second-order valence-electron chi connectivity index (χ2n) is 23.9. The first-order valence-corrected chi connectivity index (χ1v) is 34.3. The van der Waals surface area contributed by atoms with Gasteiger partial charge in [0.2, 0.25) is 5.91 Å². The van der Waals surface area contributed by atoms with Crippen LogP contribution < -0.4 is 5.32 Å². The van der Waals surface area contributed by atoms with Gasteiger partial charge in [-0.05, 0) is 64.2 Å². The maximum absolute atomic E-state index is 13.0. The van der Waals surface area contributed by atoms with Crippen LogP contribution >= 0.6 is 0 Å². The van der Waals surface area contributed by atoms with E-state index in [1.54, 1.807) is 6.08 Å². The molecule has 1 aliphatic heterocycles. The van der Waals surface area contributed by atoms with E-state index >= 15 is 0 Å². The summed E-state index contributed by atoms with van der Waals surface area (Å²) in [5.41, 5.74) is 0. The summed E-state index contributed by atoms with van der Waals surface area (Å²) >= 11 is 0. The van der Waals surface area contributed by atoms with Crippen molar-refractivity contribution in [1.29, 1.82) is 0 Å². The molecule has 6 N–H and O–H groups in total. The Morgan fingerprint density at radius 1 is 0.463 bits per heavy atom. The summed E-state index contributed by atoms with van der Waals surface area (Å²) in [7, 11) is 0. The zero-order valence-electron chi connectivity index (χ0n) is 52.1. The fourth-order valence-electron chi connectivity index (χ4n) is 10.8. The van der Waals surface area contributed by atoms with Gasteiger partial charge in [0, 0.05) is 12.8 Å². The first-order chi connectivity index (χ1) is 39.2. The summed E-state index contributed by atoms with van der Waals surface area (Å²) in [5, 5.41) is 54.2. The second-order valence-corrected chi connectivity index (χ2v) is 23.9. The summed E-state index contributed by atoms with van der Waals surface area (Å²) < 4.78 is 16.7. The van der Waals surface area contributed by atoms with Gasteiger partial charge >= 0.3 is 5.97 Å². The lowest BCUT2D eigenvalue weighted by atomic mass is 9.99. The molecule has 0 spiro atoms. The Morgan fingerprint density at radius 3 is 1.26 bits per heavy atom. The second kappa shape index (κ2) is 58.6. The predicted molar refractivity (Wildman–Crippen MR) is 334 cm³/mol. The number of carbonyl (C=O) groups excluding carboxylic acids is 2. The van der Waals surface area contributed by atoms with Crippen LogP contribution in [0.2, 0.25) is 0 Å². The molecule has 0 aliphatic carbocycles. The molecule has 470 valence electrons. The van der Waals surface area contributed by atoms with E-state index < -0.39 is 49.5 Å². The van der Waals surface area contributed by atoms with Crippen molar-refractivity contribution in [2.45, 2.75) is 371 Å². The number of aliphatic hydroxyl groups excluding tert-OH is 5. The first kappa shape index (κ1) is 75.9. The minimum atomic E-state index is -1.57. The SMILES string of the molecule is CCCCCCCCC/C=C/C(O)C(COC1OC(CO)C(O)C(O)C1O)NC(=O)CCCCCCCCCCC/C=C\C/C=C\CCCCCCCCCCCOC(=O)CCCCCCCCCCCCCCCCCCCC. The van der Waals surface area contributed by atoms with E-state index in [0.29, 0.717) is 19.4 Å². The van der Waals surface area contributed by atoms with Crippen LogP contribution in [0.4, 0.5) is 0 Å². The molecule has 0 aromatic rings. The first-order valence-electron chi connectivity index (χ1n) is 34.3. The van der Waals surface area contributed by atoms with Crippen LogP contribution in [0, 0.1) is 0 Å². The van der Waals surface area contributed by atoms with Crippen LogP contribution in [-0.2, 0) is 23.8 Å². The number of hydrogen-bond donors (Lipinski definition) is 6. The Labute approximate surface area is 492 Å². The smallest absolute Gasteiger partial charge is 0.305 e. The number of rotatable bonds is 60. The molecule has 1 heterocycles. The fraction of sp³-hybridized carbons (Fsp3) is 0.884. The number of aliphatic hydroxyl groups is 5. The van der Waals surface area contributed by atoms with Crippen molar-refractivity contribution >= 4 is 11.9 Å². The number of carbonyl (C=O) groups is 2. The molecular formula is C69H129NO10. The van der Waals surface area contributed by atoms with Crippen LogP contribution in [0.1, 0.15) is 328 Å². The Bertz CT molecular complexity index is 1420. The van der Waals surface area contributed by atoms with E-state index in [2.05, 4.69) is 43.5 Å². The highest BCUT2D eigenvalue weighted by molar-refractivity contribution is 5.76. The summed E-state index contributed by atoms with van der Waals surface area (Å²) in [6, 6.07) is -0.813. The Hall–Kier alpha value is -2.12. The standard InChI is InChI=1S/C69H129NO10/c1-3-5-7-9-11-13-14-15-16-17-28-31-34-37-41-45-49-53-57-65(74)78-58-54-50-46-42-38-35-32-29-26-24-22-20-18-19-21-23-25-27-30-33-36-40-44-48-52-56-64(73)70-61(62(72)55-51-47-43-39-12-10-8-6-4-2)60-79-69-68(77)67(76)66(75)63(59-71)80-69/h19-22,51,55,61-63,66-69,71-72,75-77H,3-18,23-50,52-54,56-60H2,1-2H3,(H,70,73)/b21-19-,22-20-,55-51+. The topological polar surface area (TPSA) is 175 Å². The van der Waals surface area contributed by atoms with Crippen LogP contribution in [0.5, 0.6) is 0 Å². The van der Waals surface area contributed by atoms with Gasteiger partial charge in [0.15, 0.2) is 6.29 Å². The summed E-state index contributed by atoms with van der Waals surface area (Å²) in [6.07, 6.45) is 64.3. The quantitative estimate of drug-likeness (QED) is 0.0195. The lowest BCUT2D eigenvalue weighted by molar-refractivity contribution is -0.302. The number of nitrogens with one attached hydrogen (secondary N) is 1. The molecule has 11 heteroatoms. The highest BCUT2D eigenvalue weighted by Gasteiger charge is 2.44. The molecule has 7 atom stereocenters. The minimum absolute atomic E-state index is 0.00298. The normalized spacial score (nSPS) is 18.5. The van der Waals surface area contributed by atoms with Gasteiger partial charge in [-0.1, -0.05) is 288 Å². The number of amides is 1. The number of allylic oxidation sites excluding steroid dienone is 5. The van der Waals surface area contributed by atoms with Crippen LogP contribution in [0.3, 0.4) is 0 Å². The van der Waals surface area contributed by atoms with Crippen LogP contribution in [0.25, 0.3) is 0 Å². The molecule has 0 aromatic carbocycles. The van der Waals surface area contributed by atoms with Crippen molar-refractivity contribution in [2.75, 3.05) is 19.8 Å². The average Bonchev–Trinajstić information content (AvgIpc) is 3.45. The molecule has 1 fully saturated rings. The third-order valence-electron chi connectivity index (χ3n) is 16.2. The molecule has 7 unspecified atom stereocenters. The Morgan fingerprint density at radius 2 is 0.838 bits per heavy atom. The van der Waals surface area contributed by atoms with Gasteiger partial charge in [0.05, 0.1) is 32.0 Å². The third kappa shape index (κ3) is 47.3. The van der Waals surface area contributed by atoms with Crippen molar-refractivity contribution in [1.82, 2.24) is 5.32 Å². The highest BCUT2D eigenvalue weighted by Crippen LogP contribution is 2.23. The van der Waals surface area contributed by atoms with Gasteiger partial charge < -0.3 is 45.1 Å². The third-order valence-corrected chi connectivity index (χ3v) is 16.2. The zero-order valence-corrected chi connectivity index (χ0v) is 52.1. The van der Waals surface area contributed by atoms with Gasteiger partial charge in [0.1, 0.15) is 24.4 Å². The Kier molecular flexibility index (Phi) is 55.6. The van der Waals surface area contributed by atoms with Crippen molar-refractivity contribution in [3.8, 4) is 0 Å². The number of hydrogen-bond acceptors (Lipinski definition) is 10. The minimum Gasteiger partial charge on any atom is -0.466 e. The molecule has 1 amide bonds. The lowest BCUT2D eigenvalue weighted by Crippen LogP contribution is -2.60. The van der Waals surface area contributed by atoms with Crippen molar-refractivity contribution in [3.63, 3.8) is 0 Å². The van der Waals surface area contributed by atoms with Gasteiger partial charge in [-0.2, -0.15) is 0 Å². The Balaban J connectivity index is 1.95. The number of unbranched alkanes of at least 4 members (excludes halogenated alkanes) is 42. The largest absolute Gasteiger partial charge is 0.466 e. The van der Waals surface area contributed by atoms with E-state index in [9.17, 15) is 35.1 Å². The summed E-state index contributed by atoms with van der Waals surface area (Å²) in [6.45, 7) is 4.33. The van der Waals surface area contributed by atoms with E-state index in [-0.39, 0.29) is 18.5 Å². The van der Waals surface area contributed by atoms with Gasteiger partial charge in [-0.25, -0.2) is 0 Å². The molecular weight excluding hydrogens is 1000 g/mol.